The van der Waals surface area contributed by atoms with Crippen LogP contribution in [-0.4, -0.2) is 4.98 Å². The molecule has 0 radical (unpaired) electrons. The van der Waals surface area contributed by atoms with Gasteiger partial charge >= 0.3 is 0 Å². The number of pyridine rings is 1. The maximum atomic E-state index is 4.46. The van der Waals surface area contributed by atoms with Gasteiger partial charge in [-0.2, -0.15) is 0 Å². The molecular weight excluding hydrogens is 238 g/mol. The molecule has 1 heterocycles. The highest BCUT2D eigenvalue weighted by molar-refractivity contribution is 9.10. The van der Waals surface area contributed by atoms with Crippen LogP contribution in [0.5, 0.6) is 0 Å². The lowest BCUT2D eigenvalue weighted by Crippen LogP contribution is -1.94. The van der Waals surface area contributed by atoms with Gasteiger partial charge in [-0.05, 0) is 27.2 Å². The van der Waals surface area contributed by atoms with Crippen LogP contribution < -0.4 is 0 Å². The molecule has 2 aromatic rings. The lowest BCUT2D eigenvalue weighted by Gasteiger charge is -2.09. The molecule has 1 aromatic carbocycles. The van der Waals surface area contributed by atoms with E-state index in [0.29, 0.717) is 5.92 Å². The Kier molecular flexibility index (Phi) is 2.55. The SMILES string of the molecule is CC(C)c1ncc(Br)c2ccccc12. The Morgan fingerprint density at radius 2 is 1.79 bits per heavy atom. The number of nitrogens with zero attached hydrogens (tertiary/aromatic N) is 1. The summed E-state index contributed by atoms with van der Waals surface area (Å²) in [7, 11) is 0. The smallest absolute Gasteiger partial charge is 0.0508 e. The zero-order valence-corrected chi connectivity index (χ0v) is 9.88. The summed E-state index contributed by atoms with van der Waals surface area (Å²) in [6, 6.07) is 8.36. The molecule has 0 saturated carbocycles. The topological polar surface area (TPSA) is 12.9 Å². The van der Waals surface area contributed by atoms with Gasteiger partial charge in [0.2, 0.25) is 0 Å². The third-order valence-corrected chi connectivity index (χ3v) is 2.96. The number of benzene rings is 1. The molecular formula is C12H12BrN. The molecule has 72 valence electrons. The minimum atomic E-state index is 0.466. The molecule has 0 unspecified atom stereocenters. The van der Waals surface area contributed by atoms with Gasteiger partial charge in [-0.3, -0.25) is 4.98 Å². The third kappa shape index (κ3) is 1.55. The molecule has 2 heteroatoms. The largest absolute Gasteiger partial charge is 0.259 e. The second-order valence-electron chi connectivity index (χ2n) is 3.69. The van der Waals surface area contributed by atoms with Gasteiger partial charge in [0.1, 0.15) is 0 Å². The van der Waals surface area contributed by atoms with E-state index in [0.717, 1.165) is 4.47 Å². The summed E-state index contributed by atoms with van der Waals surface area (Å²) < 4.78 is 1.07. The second kappa shape index (κ2) is 3.70. The van der Waals surface area contributed by atoms with E-state index >= 15 is 0 Å². The Labute approximate surface area is 92.3 Å². The Morgan fingerprint density at radius 1 is 1.14 bits per heavy atom. The number of halogens is 1. The van der Waals surface area contributed by atoms with Crippen molar-refractivity contribution in [3.05, 3.63) is 40.6 Å². The highest BCUT2D eigenvalue weighted by Gasteiger charge is 2.07. The summed E-state index contributed by atoms with van der Waals surface area (Å²) in [6.45, 7) is 4.34. The van der Waals surface area contributed by atoms with Crippen LogP contribution in [0.2, 0.25) is 0 Å². The van der Waals surface area contributed by atoms with Crippen LogP contribution in [0, 0.1) is 0 Å². The van der Waals surface area contributed by atoms with E-state index in [1.807, 2.05) is 6.20 Å². The van der Waals surface area contributed by atoms with Crippen molar-refractivity contribution in [3.63, 3.8) is 0 Å². The number of hydrogen-bond donors (Lipinski definition) is 0. The van der Waals surface area contributed by atoms with Crippen LogP contribution in [0.15, 0.2) is 34.9 Å². The lowest BCUT2D eigenvalue weighted by atomic mass is 10.0. The average Bonchev–Trinajstić information content (AvgIpc) is 2.18. The van der Waals surface area contributed by atoms with Crippen LogP contribution in [0.4, 0.5) is 0 Å². The Bertz CT molecular complexity index is 463. The van der Waals surface area contributed by atoms with Crippen LogP contribution in [0.3, 0.4) is 0 Å². The van der Waals surface area contributed by atoms with Gasteiger partial charge < -0.3 is 0 Å². The molecule has 1 aromatic heterocycles. The minimum absolute atomic E-state index is 0.466. The standard InChI is InChI=1S/C12H12BrN/c1-8(2)12-10-6-4-3-5-9(10)11(13)7-14-12/h3-8H,1-2H3. The van der Waals surface area contributed by atoms with Crippen LogP contribution >= 0.6 is 15.9 Å². The van der Waals surface area contributed by atoms with Gasteiger partial charge in [0, 0.05) is 16.1 Å². The molecule has 1 nitrogen and oxygen atoms in total. The van der Waals surface area contributed by atoms with Gasteiger partial charge in [-0.25, -0.2) is 0 Å². The molecule has 0 saturated heterocycles. The van der Waals surface area contributed by atoms with Gasteiger partial charge in [0.05, 0.1) is 5.69 Å². The first-order valence-corrected chi connectivity index (χ1v) is 5.52. The molecule has 0 N–H and O–H groups in total. The highest BCUT2D eigenvalue weighted by Crippen LogP contribution is 2.28. The fourth-order valence-electron chi connectivity index (χ4n) is 1.64. The van der Waals surface area contributed by atoms with Crippen LogP contribution in [-0.2, 0) is 0 Å². The first-order chi connectivity index (χ1) is 6.70. The monoisotopic (exact) mass is 249 g/mol. The molecule has 0 fully saturated rings. The van der Waals surface area contributed by atoms with Crippen molar-refractivity contribution in [2.45, 2.75) is 19.8 Å². The molecule has 0 spiro atoms. The van der Waals surface area contributed by atoms with Crippen molar-refractivity contribution in [1.29, 1.82) is 0 Å². The zero-order chi connectivity index (χ0) is 10.1. The quantitative estimate of drug-likeness (QED) is 0.741. The van der Waals surface area contributed by atoms with Gasteiger partial charge in [0.25, 0.3) is 0 Å². The third-order valence-electron chi connectivity index (χ3n) is 2.32. The normalized spacial score (nSPS) is 11.1. The van der Waals surface area contributed by atoms with E-state index in [9.17, 15) is 0 Å². The van der Waals surface area contributed by atoms with E-state index in [-0.39, 0.29) is 0 Å². The number of aromatic nitrogens is 1. The van der Waals surface area contributed by atoms with E-state index < -0.39 is 0 Å². The zero-order valence-electron chi connectivity index (χ0n) is 8.29. The van der Waals surface area contributed by atoms with E-state index in [1.165, 1.54) is 16.5 Å². The van der Waals surface area contributed by atoms with Crippen LogP contribution in [0.25, 0.3) is 10.8 Å². The lowest BCUT2D eigenvalue weighted by molar-refractivity contribution is 0.834. The van der Waals surface area contributed by atoms with E-state index in [1.54, 1.807) is 0 Å². The molecule has 0 bridgehead atoms. The number of rotatable bonds is 1. The second-order valence-corrected chi connectivity index (χ2v) is 4.55. The summed E-state index contributed by atoms with van der Waals surface area (Å²) in [5.74, 6) is 0.466. The van der Waals surface area contributed by atoms with E-state index in [4.69, 9.17) is 0 Å². The van der Waals surface area contributed by atoms with Crippen molar-refractivity contribution < 1.29 is 0 Å². The summed E-state index contributed by atoms with van der Waals surface area (Å²) in [5, 5.41) is 2.49. The molecule has 0 aliphatic heterocycles. The van der Waals surface area contributed by atoms with Crippen molar-refractivity contribution in [1.82, 2.24) is 4.98 Å². The first kappa shape index (κ1) is 9.66. The minimum Gasteiger partial charge on any atom is -0.259 e. The van der Waals surface area contributed by atoms with Crippen molar-refractivity contribution >= 4 is 26.7 Å². The van der Waals surface area contributed by atoms with Crippen molar-refractivity contribution in [3.8, 4) is 0 Å². The molecule has 14 heavy (non-hydrogen) atoms. The van der Waals surface area contributed by atoms with Gasteiger partial charge in [0.15, 0.2) is 0 Å². The predicted molar refractivity (Wildman–Crippen MR) is 63.5 cm³/mol. The number of hydrogen-bond acceptors (Lipinski definition) is 1. The maximum absolute atomic E-state index is 4.46. The van der Waals surface area contributed by atoms with Gasteiger partial charge in [-0.15, -0.1) is 0 Å². The fraction of sp³-hybridized carbons (Fsp3) is 0.250. The number of fused-ring (bicyclic) bond motifs is 1. The first-order valence-electron chi connectivity index (χ1n) is 4.73. The molecule has 2 rings (SSSR count). The van der Waals surface area contributed by atoms with Crippen molar-refractivity contribution in [2.75, 3.05) is 0 Å². The summed E-state index contributed by atoms with van der Waals surface area (Å²) in [6.07, 6.45) is 1.89. The van der Waals surface area contributed by atoms with Gasteiger partial charge in [-0.1, -0.05) is 38.1 Å². The average molecular weight is 250 g/mol. The Balaban J connectivity index is 2.82. The highest BCUT2D eigenvalue weighted by atomic mass is 79.9. The Hall–Kier alpha value is -0.890. The van der Waals surface area contributed by atoms with Crippen LogP contribution in [0.1, 0.15) is 25.5 Å². The predicted octanol–water partition coefficient (Wildman–Crippen LogP) is 4.12. The summed E-state index contributed by atoms with van der Waals surface area (Å²) >= 11 is 3.52. The molecule has 0 aliphatic carbocycles. The fourth-order valence-corrected chi connectivity index (χ4v) is 2.09. The summed E-state index contributed by atoms with van der Waals surface area (Å²) in [5.41, 5.74) is 1.17. The van der Waals surface area contributed by atoms with E-state index in [2.05, 4.69) is 59.0 Å². The molecule has 0 aliphatic rings. The molecule has 0 atom stereocenters. The maximum Gasteiger partial charge on any atom is 0.0508 e. The van der Waals surface area contributed by atoms with Crippen molar-refractivity contribution in [2.24, 2.45) is 0 Å². The summed E-state index contributed by atoms with van der Waals surface area (Å²) in [4.78, 5) is 4.46. The Morgan fingerprint density at radius 3 is 2.43 bits per heavy atom. The molecule has 0 amide bonds.